The molecule has 0 N–H and O–H groups in total. The summed E-state index contributed by atoms with van der Waals surface area (Å²) in [7, 11) is 0. The van der Waals surface area contributed by atoms with Crippen molar-refractivity contribution in [1.82, 2.24) is 0 Å². The van der Waals surface area contributed by atoms with Gasteiger partial charge in [0.15, 0.2) is 17.1 Å². The molecule has 0 radical (unpaired) electrons. The van der Waals surface area contributed by atoms with Crippen LogP contribution in [0.2, 0.25) is 5.02 Å². The Morgan fingerprint density at radius 3 is 2.63 bits per heavy atom. The fourth-order valence-electron chi connectivity index (χ4n) is 3.17. The zero-order valence-corrected chi connectivity index (χ0v) is 16.9. The fraction of sp³-hybridized carbons (Fsp3) is 0.0909. The molecule has 3 aromatic carbocycles. The molecule has 30 heavy (non-hydrogen) atoms. The third kappa shape index (κ3) is 3.53. The molecule has 0 saturated heterocycles. The van der Waals surface area contributed by atoms with Crippen molar-refractivity contribution in [2.75, 3.05) is 6.61 Å². The molecule has 0 aliphatic carbocycles. The molecule has 0 bridgehead atoms. The van der Waals surface area contributed by atoms with Crippen molar-refractivity contribution in [2.24, 2.45) is 0 Å². The Kier molecular flexibility index (Phi) is 4.69. The average molecular weight is 441 g/mol. The van der Waals surface area contributed by atoms with Crippen LogP contribution in [0.3, 0.4) is 0 Å². The van der Waals surface area contributed by atoms with Crippen LogP contribution in [0, 0.1) is 0 Å². The molecule has 0 amide bonds. The topological polar surface area (TPSA) is 75.0 Å². The Labute approximate surface area is 179 Å². The molecule has 1 aliphatic rings. The monoisotopic (exact) mass is 440 g/mol. The van der Waals surface area contributed by atoms with Gasteiger partial charge in [0.25, 0.3) is 0 Å². The number of hydrogen-bond acceptors (Lipinski definition) is 7. The molecule has 5 rings (SSSR count). The van der Waals surface area contributed by atoms with Gasteiger partial charge in [0.05, 0.1) is 4.70 Å². The quantitative estimate of drug-likeness (QED) is 0.332. The molecular formula is C22H13ClO6S. The third-order valence-corrected chi connectivity index (χ3v) is 5.58. The second-order valence-electron chi connectivity index (χ2n) is 6.54. The summed E-state index contributed by atoms with van der Waals surface area (Å²) in [6.07, 6.45) is -0.905. The van der Waals surface area contributed by atoms with E-state index in [2.05, 4.69) is 0 Å². The van der Waals surface area contributed by atoms with Gasteiger partial charge < -0.3 is 18.6 Å². The number of halogens is 1. The maximum Gasteiger partial charge on any atom is 0.396 e. The summed E-state index contributed by atoms with van der Waals surface area (Å²) < 4.78 is 22.8. The van der Waals surface area contributed by atoms with Crippen LogP contribution in [-0.2, 0) is 4.79 Å². The minimum atomic E-state index is -0.905. The van der Waals surface area contributed by atoms with Crippen molar-refractivity contribution in [2.45, 2.75) is 6.10 Å². The van der Waals surface area contributed by atoms with Crippen LogP contribution in [0.4, 0.5) is 0 Å². The van der Waals surface area contributed by atoms with Crippen molar-refractivity contribution < 1.29 is 23.4 Å². The minimum absolute atomic E-state index is 0.0428. The second kappa shape index (κ2) is 7.51. The van der Waals surface area contributed by atoms with E-state index in [0.717, 1.165) is 16.9 Å². The minimum Gasteiger partial charge on any atom is -0.485 e. The first-order valence-electron chi connectivity index (χ1n) is 9.00. The maximum atomic E-state index is 12.7. The lowest BCUT2D eigenvalue weighted by Crippen LogP contribution is -2.39. The van der Waals surface area contributed by atoms with Crippen LogP contribution in [0.1, 0.15) is 0 Å². The van der Waals surface area contributed by atoms with E-state index in [4.69, 9.17) is 30.2 Å². The molecule has 6 nitrogen and oxygen atoms in total. The molecule has 1 aromatic heterocycles. The molecule has 0 spiro atoms. The van der Waals surface area contributed by atoms with Crippen molar-refractivity contribution in [3.05, 3.63) is 75.4 Å². The lowest BCUT2D eigenvalue weighted by Gasteiger charge is -2.24. The Hall–Kier alpha value is -3.29. The summed E-state index contributed by atoms with van der Waals surface area (Å²) in [6.45, 7) is 0.0428. The predicted molar refractivity (Wildman–Crippen MR) is 113 cm³/mol. The fourth-order valence-corrected chi connectivity index (χ4v) is 4.02. The van der Waals surface area contributed by atoms with Crippen LogP contribution >= 0.6 is 22.9 Å². The average Bonchev–Trinajstić information content (AvgIpc) is 3.13. The zero-order valence-electron chi connectivity index (χ0n) is 15.3. The highest BCUT2D eigenvalue weighted by atomic mass is 35.5. The van der Waals surface area contributed by atoms with E-state index >= 15 is 0 Å². The van der Waals surface area contributed by atoms with E-state index in [0.29, 0.717) is 32.4 Å². The second-order valence-corrected chi connectivity index (χ2v) is 7.96. The number of rotatable bonds is 3. The SMILES string of the molecule is O=C(Oc1cc(-c2ccc(Cl)cc2)c2oc(=O)sc2c1)[C@@H]1COc2ccccc2O1. The molecule has 0 unspecified atom stereocenters. The zero-order chi connectivity index (χ0) is 20.7. The lowest BCUT2D eigenvalue weighted by atomic mass is 10.0. The normalized spacial score (nSPS) is 15.2. The van der Waals surface area contributed by atoms with Crippen molar-refractivity contribution in [3.8, 4) is 28.4 Å². The van der Waals surface area contributed by atoms with Crippen molar-refractivity contribution in [1.29, 1.82) is 0 Å². The molecule has 0 saturated carbocycles. The van der Waals surface area contributed by atoms with Crippen LogP contribution in [0.5, 0.6) is 17.2 Å². The summed E-state index contributed by atoms with van der Waals surface area (Å²) in [5.41, 5.74) is 1.82. The highest BCUT2D eigenvalue weighted by molar-refractivity contribution is 7.16. The van der Waals surface area contributed by atoms with Gasteiger partial charge in [0, 0.05) is 16.7 Å². The number of para-hydroxylation sites is 2. The number of ether oxygens (including phenoxy) is 3. The van der Waals surface area contributed by atoms with Crippen LogP contribution in [0.25, 0.3) is 21.4 Å². The molecule has 4 aromatic rings. The van der Waals surface area contributed by atoms with Gasteiger partial charge >= 0.3 is 10.9 Å². The van der Waals surface area contributed by atoms with E-state index in [-0.39, 0.29) is 12.4 Å². The van der Waals surface area contributed by atoms with Gasteiger partial charge in [-0.1, -0.05) is 47.2 Å². The summed E-state index contributed by atoms with van der Waals surface area (Å²) in [5, 5.41) is 0.582. The maximum absolute atomic E-state index is 12.7. The van der Waals surface area contributed by atoms with Crippen LogP contribution < -0.4 is 19.1 Å². The predicted octanol–water partition coefficient (Wildman–Crippen LogP) is 4.92. The van der Waals surface area contributed by atoms with Crippen molar-refractivity contribution in [3.63, 3.8) is 0 Å². The Morgan fingerprint density at radius 1 is 1.07 bits per heavy atom. The summed E-state index contributed by atoms with van der Waals surface area (Å²) in [4.78, 5) is 24.1. The van der Waals surface area contributed by atoms with Gasteiger partial charge in [0.1, 0.15) is 12.4 Å². The first kappa shape index (κ1) is 18.7. The van der Waals surface area contributed by atoms with E-state index in [1.165, 1.54) is 0 Å². The van der Waals surface area contributed by atoms with Crippen LogP contribution in [-0.4, -0.2) is 18.7 Å². The number of fused-ring (bicyclic) bond motifs is 2. The standard InChI is InChI=1S/C22H13ClO6S/c23-13-7-5-12(6-8-13)15-9-14(10-19-20(15)29-22(25)30-19)27-21(24)18-11-26-16-3-1-2-4-17(16)28-18/h1-10,18H,11H2/t18-/m0/s1. The summed E-state index contributed by atoms with van der Waals surface area (Å²) in [6, 6.07) is 17.4. The number of carbonyl (C=O) groups excluding carboxylic acids is 1. The van der Waals surface area contributed by atoms with Gasteiger partial charge in [-0.3, -0.25) is 0 Å². The molecule has 8 heteroatoms. The van der Waals surface area contributed by atoms with Crippen LogP contribution in [0.15, 0.2) is 69.9 Å². The number of esters is 1. The summed E-state index contributed by atoms with van der Waals surface area (Å²) in [5.74, 6) is 0.742. The van der Waals surface area contributed by atoms with Gasteiger partial charge in [-0.05, 0) is 35.9 Å². The van der Waals surface area contributed by atoms with Gasteiger partial charge in [-0.2, -0.15) is 0 Å². The van der Waals surface area contributed by atoms with Gasteiger partial charge in [0.2, 0.25) is 6.10 Å². The summed E-state index contributed by atoms with van der Waals surface area (Å²) >= 11 is 6.91. The number of carbonyl (C=O) groups is 1. The highest BCUT2D eigenvalue weighted by Gasteiger charge is 2.29. The van der Waals surface area contributed by atoms with E-state index in [1.807, 2.05) is 6.07 Å². The third-order valence-electron chi connectivity index (χ3n) is 4.55. The Balaban J connectivity index is 1.47. The van der Waals surface area contributed by atoms with E-state index in [9.17, 15) is 9.59 Å². The number of benzene rings is 3. The van der Waals surface area contributed by atoms with E-state index in [1.54, 1.807) is 54.6 Å². The molecular weight excluding hydrogens is 428 g/mol. The smallest absolute Gasteiger partial charge is 0.396 e. The molecule has 1 atom stereocenters. The number of hydrogen-bond donors (Lipinski definition) is 0. The Morgan fingerprint density at radius 2 is 1.83 bits per heavy atom. The molecule has 1 aliphatic heterocycles. The lowest BCUT2D eigenvalue weighted by molar-refractivity contribution is -0.144. The Bertz CT molecular complexity index is 1310. The van der Waals surface area contributed by atoms with Crippen molar-refractivity contribution >= 4 is 39.2 Å². The molecule has 150 valence electrons. The highest BCUT2D eigenvalue weighted by Crippen LogP contribution is 2.36. The molecule has 2 heterocycles. The van der Waals surface area contributed by atoms with Gasteiger partial charge in [-0.25, -0.2) is 9.59 Å². The van der Waals surface area contributed by atoms with Gasteiger partial charge in [-0.15, -0.1) is 0 Å². The first-order valence-corrected chi connectivity index (χ1v) is 10.2. The van der Waals surface area contributed by atoms with E-state index < -0.39 is 17.0 Å². The molecule has 0 fully saturated rings. The largest absolute Gasteiger partial charge is 0.485 e. The first-order chi connectivity index (χ1) is 14.6.